The molecule has 0 aliphatic carbocycles. The Labute approximate surface area is 130 Å². The third-order valence-electron chi connectivity index (χ3n) is 3.37. The maximum atomic E-state index is 12.4. The molecular formula is C18H23NOS. The number of nitrogens with one attached hydrogen (secondary N) is 1. The molecule has 0 heterocycles. The van der Waals surface area contributed by atoms with Crippen molar-refractivity contribution in [1.29, 1.82) is 0 Å². The van der Waals surface area contributed by atoms with Gasteiger partial charge in [0.2, 0.25) is 0 Å². The summed E-state index contributed by atoms with van der Waals surface area (Å²) in [6.45, 7) is 3.10. The zero-order valence-electron chi connectivity index (χ0n) is 12.5. The van der Waals surface area contributed by atoms with E-state index in [2.05, 4.69) is 24.4 Å². The van der Waals surface area contributed by atoms with Crippen molar-refractivity contribution in [3.63, 3.8) is 0 Å². The van der Waals surface area contributed by atoms with E-state index >= 15 is 0 Å². The zero-order chi connectivity index (χ0) is 14.9. The topological polar surface area (TPSA) is 29.1 Å². The number of hydrogen-bond acceptors (Lipinski definition) is 2. The van der Waals surface area contributed by atoms with Crippen molar-refractivity contribution < 1.29 is 4.21 Å². The highest BCUT2D eigenvalue weighted by Gasteiger charge is 2.14. The molecule has 2 nitrogen and oxygen atoms in total. The highest BCUT2D eigenvalue weighted by molar-refractivity contribution is 7.84. The summed E-state index contributed by atoms with van der Waals surface area (Å²) < 4.78 is 12.4. The SMILES string of the molecule is CCCNC(CS(=O)Cc1ccccc1)c1ccccc1. The van der Waals surface area contributed by atoms with E-state index in [-0.39, 0.29) is 6.04 Å². The Bertz CT molecular complexity index is 542. The third kappa shape index (κ3) is 5.44. The Balaban J connectivity index is 1.99. The van der Waals surface area contributed by atoms with E-state index in [4.69, 9.17) is 0 Å². The normalized spacial score (nSPS) is 13.8. The average Bonchev–Trinajstić information content (AvgIpc) is 2.53. The highest BCUT2D eigenvalue weighted by atomic mass is 32.2. The second-order valence-electron chi connectivity index (χ2n) is 5.15. The van der Waals surface area contributed by atoms with Crippen LogP contribution in [0.4, 0.5) is 0 Å². The maximum Gasteiger partial charge on any atom is 0.0486 e. The Morgan fingerprint density at radius 3 is 2.24 bits per heavy atom. The number of benzene rings is 2. The van der Waals surface area contributed by atoms with Gasteiger partial charge in [-0.2, -0.15) is 0 Å². The van der Waals surface area contributed by atoms with E-state index in [0.29, 0.717) is 11.5 Å². The van der Waals surface area contributed by atoms with Crippen molar-refractivity contribution in [1.82, 2.24) is 5.32 Å². The molecule has 0 aliphatic rings. The lowest BCUT2D eigenvalue weighted by Gasteiger charge is -2.18. The van der Waals surface area contributed by atoms with Gasteiger partial charge in [-0.3, -0.25) is 4.21 Å². The van der Waals surface area contributed by atoms with Gasteiger partial charge >= 0.3 is 0 Å². The zero-order valence-corrected chi connectivity index (χ0v) is 13.3. The first-order valence-electron chi connectivity index (χ1n) is 7.47. The van der Waals surface area contributed by atoms with Gasteiger partial charge in [0.1, 0.15) is 0 Å². The summed E-state index contributed by atoms with van der Waals surface area (Å²) in [5, 5.41) is 3.51. The summed E-state index contributed by atoms with van der Waals surface area (Å²) >= 11 is 0. The molecule has 2 aromatic rings. The first kappa shape index (κ1) is 15.9. The Hall–Kier alpha value is -1.45. The first-order valence-corrected chi connectivity index (χ1v) is 8.95. The van der Waals surface area contributed by atoms with Gasteiger partial charge in [-0.05, 0) is 24.1 Å². The van der Waals surface area contributed by atoms with Crippen molar-refractivity contribution in [2.75, 3.05) is 12.3 Å². The van der Waals surface area contributed by atoms with Crippen LogP contribution in [-0.2, 0) is 16.6 Å². The van der Waals surface area contributed by atoms with Gasteiger partial charge < -0.3 is 5.32 Å². The lowest BCUT2D eigenvalue weighted by Crippen LogP contribution is -2.27. The summed E-state index contributed by atoms with van der Waals surface area (Å²) in [7, 11) is -0.868. The van der Waals surface area contributed by atoms with Crippen LogP contribution >= 0.6 is 0 Å². The second-order valence-corrected chi connectivity index (χ2v) is 6.66. The summed E-state index contributed by atoms with van der Waals surface area (Å²) in [4.78, 5) is 0. The molecule has 0 bridgehead atoms. The lowest BCUT2D eigenvalue weighted by molar-refractivity contribution is 0.569. The van der Waals surface area contributed by atoms with Gasteiger partial charge in [-0.25, -0.2) is 0 Å². The molecule has 0 fully saturated rings. The van der Waals surface area contributed by atoms with Crippen LogP contribution in [0.15, 0.2) is 60.7 Å². The fourth-order valence-electron chi connectivity index (χ4n) is 2.28. The van der Waals surface area contributed by atoms with E-state index in [1.165, 1.54) is 5.56 Å². The van der Waals surface area contributed by atoms with E-state index in [1.807, 2.05) is 48.5 Å². The standard InChI is InChI=1S/C18H23NOS/c1-2-13-19-18(17-11-7-4-8-12-17)15-21(20)14-16-9-5-3-6-10-16/h3-12,18-19H,2,13-15H2,1H3. The van der Waals surface area contributed by atoms with Crippen LogP contribution < -0.4 is 5.32 Å². The monoisotopic (exact) mass is 301 g/mol. The summed E-state index contributed by atoms with van der Waals surface area (Å²) in [5.74, 6) is 1.27. The van der Waals surface area contributed by atoms with Gasteiger partial charge in [0.25, 0.3) is 0 Å². The van der Waals surface area contributed by atoms with Gasteiger partial charge in [-0.1, -0.05) is 67.6 Å². The van der Waals surface area contributed by atoms with Crippen LogP contribution in [0.1, 0.15) is 30.5 Å². The summed E-state index contributed by atoms with van der Waals surface area (Å²) in [6, 6.07) is 20.5. The molecule has 2 aromatic carbocycles. The minimum absolute atomic E-state index is 0.163. The quantitative estimate of drug-likeness (QED) is 0.806. The molecule has 2 atom stereocenters. The van der Waals surface area contributed by atoms with Gasteiger partial charge in [0.15, 0.2) is 0 Å². The van der Waals surface area contributed by atoms with Crippen LogP contribution in [0.3, 0.4) is 0 Å². The molecule has 112 valence electrons. The smallest absolute Gasteiger partial charge is 0.0486 e. The Morgan fingerprint density at radius 2 is 1.62 bits per heavy atom. The highest BCUT2D eigenvalue weighted by Crippen LogP contribution is 2.15. The molecule has 3 heteroatoms. The first-order chi connectivity index (χ1) is 10.3. The van der Waals surface area contributed by atoms with Crippen molar-refractivity contribution >= 4 is 10.8 Å². The molecule has 2 unspecified atom stereocenters. The largest absolute Gasteiger partial charge is 0.309 e. The van der Waals surface area contributed by atoms with Crippen molar-refractivity contribution in [3.05, 3.63) is 71.8 Å². The minimum atomic E-state index is -0.868. The summed E-state index contributed by atoms with van der Waals surface area (Å²) in [5.41, 5.74) is 2.35. The molecule has 0 spiro atoms. The molecule has 0 aliphatic heterocycles. The molecule has 2 rings (SSSR count). The molecule has 21 heavy (non-hydrogen) atoms. The number of hydrogen-bond donors (Lipinski definition) is 1. The van der Waals surface area contributed by atoms with Crippen molar-refractivity contribution in [2.45, 2.75) is 25.1 Å². The van der Waals surface area contributed by atoms with E-state index < -0.39 is 10.8 Å². The van der Waals surface area contributed by atoms with Gasteiger partial charge in [-0.15, -0.1) is 0 Å². The maximum absolute atomic E-state index is 12.4. The summed E-state index contributed by atoms with van der Waals surface area (Å²) in [6.07, 6.45) is 1.08. The third-order valence-corrected chi connectivity index (χ3v) is 4.73. The predicted octanol–water partition coefficient (Wildman–Crippen LogP) is 3.68. The Kier molecular flexibility index (Phi) is 6.64. The Morgan fingerprint density at radius 1 is 1.00 bits per heavy atom. The molecule has 0 amide bonds. The fourth-order valence-corrected chi connectivity index (χ4v) is 3.65. The van der Waals surface area contributed by atoms with Crippen LogP contribution in [-0.4, -0.2) is 16.5 Å². The van der Waals surface area contributed by atoms with Gasteiger partial charge in [0.05, 0.1) is 0 Å². The van der Waals surface area contributed by atoms with Crippen LogP contribution in [0.5, 0.6) is 0 Å². The fraction of sp³-hybridized carbons (Fsp3) is 0.333. The van der Waals surface area contributed by atoms with E-state index in [0.717, 1.165) is 18.5 Å². The molecule has 0 saturated heterocycles. The molecule has 1 N–H and O–H groups in total. The lowest BCUT2D eigenvalue weighted by atomic mass is 10.1. The molecular weight excluding hydrogens is 278 g/mol. The van der Waals surface area contributed by atoms with Crippen molar-refractivity contribution in [2.24, 2.45) is 0 Å². The van der Waals surface area contributed by atoms with Crippen LogP contribution in [0.25, 0.3) is 0 Å². The second kappa shape index (κ2) is 8.75. The molecule has 0 aromatic heterocycles. The minimum Gasteiger partial charge on any atom is -0.309 e. The molecule has 0 saturated carbocycles. The van der Waals surface area contributed by atoms with Crippen molar-refractivity contribution in [3.8, 4) is 0 Å². The van der Waals surface area contributed by atoms with Crippen LogP contribution in [0.2, 0.25) is 0 Å². The average molecular weight is 301 g/mol. The predicted molar refractivity (Wildman–Crippen MR) is 90.6 cm³/mol. The molecule has 0 radical (unpaired) electrons. The van der Waals surface area contributed by atoms with Gasteiger partial charge in [0, 0.05) is 28.3 Å². The van der Waals surface area contributed by atoms with E-state index in [1.54, 1.807) is 0 Å². The van der Waals surface area contributed by atoms with E-state index in [9.17, 15) is 4.21 Å². The van der Waals surface area contributed by atoms with Crippen LogP contribution in [0, 0.1) is 0 Å². The number of rotatable bonds is 8.